The van der Waals surface area contributed by atoms with Gasteiger partial charge in [-0.3, -0.25) is 9.59 Å². The third-order valence-electron chi connectivity index (χ3n) is 2.83. The van der Waals surface area contributed by atoms with Gasteiger partial charge in [-0.15, -0.1) is 0 Å². The lowest BCUT2D eigenvalue weighted by atomic mass is 10.0. The lowest BCUT2D eigenvalue weighted by Gasteiger charge is -2.25. The van der Waals surface area contributed by atoms with Gasteiger partial charge in [0.25, 0.3) is 5.91 Å². The fourth-order valence-electron chi connectivity index (χ4n) is 1.82. The van der Waals surface area contributed by atoms with Crippen LogP contribution in [0.4, 0.5) is 0 Å². The standard InChI is InChI=1S/C11H19NO5/c1-8-3-5-17-10(8)11(15)12(4-6-16-2)7-9(13)14/h8,10H,3-7H2,1-2H3,(H,13,14). The number of methoxy groups -OCH3 is 1. The maximum absolute atomic E-state index is 12.1. The summed E-state index contributed by atoms with van der Waals surface area (Å²) < 4.78 is 10.2. The number of aliphatic carboxylic acids is 1. The van der Waals surface area contributed by atoms with E-state index in [9.17, 15) is 9.59 Å². The zero-order valence-electron chi connectivity index (χ0n) is 10.2. The van der Waals surface area contributed by atoms with Gasteiger partial charge < -0.3 is 19.5 Å². The third kappa shape index (κ3) is 3.98. The van der Waals surface area contributed by atoms with Gasteiger partial charge in [0.05, 0.1) is 6.61 Å². The van der Waals surface area contributed by atoms with E-state index in [0.717, 1.165) is 6.42 Å². The normalized spacial score (nSPS) is 23.6. The van der Waals surface area contributed by atoms with Crippen LogP contribution in [0.15, 0.2) is 0 Å². The van der Waals surface area contributed by atoms with Gasteiger partial charge in [-0.05, 0) is 12.3 Å². The minimum Gasteiger partial charge on any atom is -0.480 e. The highest BCUT2D eigenvalue weighted by Crippen LogP contribution is 2.21. The monoisotopic (exact) mass is 245 g/mol. The molecule has 0 aromatic carbocycles. The fraction of sp³-hybridized carbons (Fsp3) is 0.818. The molecule has 0 aromatic rings. The summed E-state index contributed by atoms with van der Waals surface area (Å²) in [7, 11) is 1.51. The second kappa shape index (κ2) is 6.56. The summed E-state index contributed by atoms with van der Waals surface area (Å²) in [6.45, 7) is 2.77. The van der Waals surface area contributed by atoms with Crippen LogP contribution in [-0.4, -0.2) is 61.4 Å². The van der Waals surface area contributed by atoms with Gasteiger partial charge >= 0.3 is 5.97 Å². The molecule has 1 heterocycles. The van der Waals surface area contributed by atoms with E-state index in [0.29, 0.717) is 13.2 Å². The summed E-state index contributed by atoms with van der Waals surface area (Å²) in [5.74, 6) is -1.14. The first kappa shape index (κ1) is 13.9. The zero-order valence-corrected chi connectivity index (χ0v) is 10.2. The molecule has 1 aliphatic rings. The Balaban J connectivity index is 2.60. The number of carboxylic acid groups (broad SMARTS) is 1. The highest BCUT2D eigenvalue weighted by molar-refractivity contribution is 5.85. The predicted molar refractivity (Wildman–Crippen MR) is 59.6 cm³/mol. The second-order valence-electron chi connectivity index (χ2n) is 4.20. The first-order valence-electron chi connectivity index (χ1n) is 5.67. The van der Waals surface area contributed by atoms with Crippen molar-refractivity contribution in [3.63, 3.8) is 0 Å². The predicted octanol–water partition coefficient (Wildman–Crippen LogP) is -0.0290. The SMILES string of the molecule is COCCN(CC(=O)O)C(=O)C1OCCC1C. The van der Waals surface area contributed by atoms with Crippen molar-refractivity contribution in [3.05, 3.63) is 0 Å². The maximum atomic E-state index is 12.1. The number of nitrogens with zero attached hydrogens (tertiary/aromatic N) is 1. The molecule has 98 valence electrons. The van der Waals surface area contributed by atoms with E-state index < -0.39 is 12.1 Å². The Hall–Kier alpha value is -1.14. The van der Waals surface area contributed by atoms with Crippen molar-refractivity contribution >= 4 is 11.9 Å². The summed E-state index contributed by atoms with van der Waals surface area (Å²) in [4.78, 5) is 24.1. The highest BCUT2D eigenvalue weighted by Gasteiger charge is 2.34. The molecule has 0 spiro atoms. The van der Waals surface area contributed by atoms with E-state index in [1.54, 1.807) is 0 Å². The molecule has 1 aliphatic heterocycles. The first-order chi connectivity index (χ1) is 8.06. The van der Waals surface area contributed by atoms with Gasteiger partial charge in [0, 0.05) is 20.3 Å². The molecule has 0 aliphatic carbocycles. The lowest BCUT2D eigenvalue weighted by molar-refractivity contribution is -0.150. The van der Waals surface area contributed by atoms with Crippen molar-refractivity contribution in [2.45, 2.75) is 19.4 Å². The molecule has 0 saturated carbocycles. The molecule has 1 amide bonds. The Kier molecular flexibility index (Phi) is 5.37. The minimum absolute atomic E-state index is 0.140. The average molecular weight is 245 g/mol. The van der Waals surface area contributed by atoms with Gasteiger partial charge in [0.1, 0.15) is 12.6 Å². The van der Waals surface area contributed by atoms with Gasteiger partial charge in [0.2, 0.25) is 0 Å². The minimum atomic E-state index is -1.03. The van der Waals surface area contributed by atoms with E-state index >= 15 is 0 Å². The third-order valence-corrected chi connectivity index (χ3v) is 2.83. The number of hydrogen-bond acceptors (Lipinski definition) is 4. The highest BCUT2D eigenvalue weighted by atomic mass is 16.5. The molecular formula is C11H19NO5. The van der Waals surface area contributed by atoms with Gasteiger partial charge in [-0.25, -0.2) is 0 Å². The zero-order chi connectivity index (χ0) is 12.8. The van der Waals surface area contributed by atoms with Crippen LogP contribution in [-0.2, 0) is 19.1 Å². The summed E-state index contributed by atoms with van der Waals surface area (Å²) >= 11 is 0. The molecule has 6 nitrogen and oxygen atoms in total. The largest absolute Gasteiger partial charge is 0.480 e. The fourth-order valence-corrected chi connectivity index (χ4v) is 1.82. The number of rotatable bonds is 6. The summed E-state index contributed by atoms with van der Waals surface area (Å²) in [5.41, 5.74) is 0. The Bertz CT molecular complexity index is 281. The molecule has 2 atom stereocenters. The van der Waals surface area contributed by atoms with Crippen molar-refractivity contribution in [1.29, 1.82) is 0 Å². The molecule has 6 heteroatoms. The molecule has 1 fully saturated rings. The van der Waals surface area contributed by atoms with Crippen molar-refractivity contribution < 1.29 is 24.2 Å². The van der Waals surface area contributed by atoms with E-state index in [-0.39, 0.29) is 24.9 Å². The number of carbonyl (C=O) groups is 2. The molecule has 1 rings (SSSR count). The number of ether oxygens (including phenoxy) is 2. The lowest BCUT2D eigenvalue weighted by Crippen LogP contribution is -2.45. The second-order valence-corrected chi connectivity index (χ2v) is 4.20. The van der Waals surface area contributed by atoms with Crippen LogP contribution in [0.1, 0.15) is 13.3 Å². The molecule has 2 unspecified atom stereocenters. The van der Waals surface area contributed by atoms with Crippen LogP contribution in [0.3, 0.4) is 0 Å². The Morgan fingerprint density at radius 3 is 2.71 bits per heavy atom. The van der Waals surface area contributed by atoms with Crippen molar-refractivity contribution in [3.8, 4) is 0 Å². The smallest absolute Gasteiger partial charge is 0.323 e. The Morgan fingerprint density at radius 1 is 1.53 bits per heavy atom. The molecule has 1 N–H and O–H groups in total. The van der Waals surface area contributed by atoms with Gasteiger partial charge in [-0.1, -0.05) is 6.92 Å². The molecule has 0 aromatic heterocycles. The number of carboxylic acids is 1. The number of carbonyl (C=O) groups excluding carboxylic acids is 1. The Morgan fingerprint density at radius 2 is 2.24 bits per heavy atom. The van der Waals surface area contributed by atoms with Crippen LogP contribution < -0.4 is 0 Å². The van der Waals surface area contributed by atoms with Crippen LogP contribution >= 0.6 is 0 Å². The van der Waals surface area contributed by atoms with Crippen molar-refractivity contribution in [2.24, 2.45) is 5.92 Å². The van der Waals surface area contributed by atoms with E-state index in [1.165, 1.54) is 12.0 Å². The molecular weight excluding hydrogens is 226 g/mol. The summed E-state index contributed by atoms with van der Waals surface area (Å²) in [6, 6.07) is 0. The van der Waals surface area contributed by atoms with Crippen LogP contribution in [0, 0.1) is 5.92 Å². The van der Waals surface area contributed by atoms with Crippen LogP contribution in [0.2, 0.25) is 0 Å². The average Bonchev–Trinajstić information content (AvgIpc) is 2.69. The van der Waals surface area contributed by atoms with Crippen molar-refractivity contribution in [2.75, 3.05) is 33.4 Å². The molecule has 0 radical (unpaired) electrons. The molecule has 17 heavy (non-hydrogen) atoms. The quantitative estimate of drug-likeness (QED) is 0.711. The van der Waals surface area contributed by atoms with Crippen LogP contribution in [0.5, 0.6) is 0 Å². The summed E-state index contributed by atoms with van der Waals surface area (Å²) in [6.07, 6.45) is 0.327. The first-order valence-corrected chi connectivity index (χ1v) is 5.67. The van der Waals surface area contributed by atoms with E-state index in [4.69, 9.17) is 14.6 Å². The van der Waals surface area contributed by atoms with Gasteiger partial charge in [-0.2, -0.15) is 0 Å². The van der Waals surface area contributed by atoms with Crippen molar-refractivity contribution in [1.82, 2.24) is 4.90 Å². The number of hydrogen-bond donors (Lipinski definition) is 1. The van der Waals surface area contributed by atoms with E-state index in [1.807, 2.05) is 6.92 Å². The maximum Gasteiger partial charge on any atom is 0.323 e. The van der Waals surface area contributed by atoms with Gasteiger partial charge in [0.15, 0.2) is 0 Å². The van der Waals surface area contributed by atoms with E-state index in [2.05, 4.69) is 0 Å². The van der Waals surface area contributed by atoms with Crippen LogP contribution in [0.25, 0.3) is 0 Å². The Labute approximate surface area is 100 Å². The summed E-state index contributed by atoms with van der Waals surface area (Å²) in [5, 5.41) is 8.77. The molecule has 0 bridgehead atoms. The topological polar surface area (TPSA) is 76.1 Å². The molecule has 1 saturated heterocycles. The number of amides is 1.